The van der Waals surface area contributed by atoms with Gasteiger partial charge in [-0.1, -0.05) is 30.3 Å². The molecule has 0 saturated carbocycles. The maximum atomic E-state index is 13.0. The van der Waals surface area contributed by atoms with E-state index in [1.165, 1.54) is 0 Å². The van der Waals surface area contributed by atoms with Gasteiger partial charge in [0.05, 0.1) is 11.3 Å². The zero-order valence-corrected chi connectivity index (χ0v) is 18.2. The molecule has 0 radical (unpaired) electrons. The summed E-state index contributed by atoms with van der Waals surface area (Å²) in [7, 11) is -3.56. The molecule has 1 aliphatic rings. The summed E-state index contributed by atoms with van der Waals surface area (Å²) in [5.74, 6) is -0.0495. The molecule has 2 aromatic rings. The highest BCUT2D eigenvalue weighted by Gasteiger charge is 2.42. The van der Waals surface area contributed by atoms with Gasteiger partial charge in [0.1, 0.15) is 5.78 Å². The first kappa shape index (κ1) is 22.4. The summed E-state index contributed by atoms with van der Waals surface area (Å²) in [6.07, 6.45) is 4.94. The third kappa shape index (κ3) is 5.65. The number of nitrogens with zero attached hydrogens (tertiary/aromatic N) is 3. The van der Waals surface area contributed by atoms with Crippen molar-refractivity contribution in [3.63, 3.8) is 0 Å². The Kier molecular flexibility index (Phi) is 7.23. The lowest BCUT2D eigenvalue weighted by Gasteiger charge is -2.47. The van der Waals surface area contributed by atoms with Gasteiger partial charge in [-0.15, -0.1) is 0 Å². The molecule has 0 spiro atoms. The molecule has 30 heavy (non-hydrogen) atoms. The highest BCUT2D eigenvalue weighted by Crippen LogP contribution is 2.30. The van der Waals surface area contributed by atoms with Crippen LogP contribution in [0, 0.1) is 0 Å². The number of pyridine rings is 1. The number of carbonyl (C=O) groups excluding carboxylic acids is 1. The van der Waals surface area contributed by atoms with Gasteiger partial charge in [-0.25, -0.2) is 13.6 Å². The van der Waals surface area contributed by atoms with Crippen molar-refractivity contribution in [2.75, 3.05) is 36.8 Å². The number of ketones is 1. The molecule has 0 aliphatic carbocycles. The zero-order chi connectivity index (χ0) is 21.6. The summed E-state index contributed by atoms with van der Waals surface area (Å²) in [5, 5.41) is 5.22. The van der Waals surface area contributed by atoms with Gasteiger partial charge in [-0.05, 0) is 43.9 Å². The number of carbonyl (C=O) groups is 1. The largest absolute Gasteiger partial charge is 0.369 e. The SMILES string of the molecule is CC(=O)C(CCCS(N)(=O)=O)(Cc1ccccc1)N1CCN(c2ccncc2)CC1. The van der Waals surface area contributed by atoms with Crippen molar-refractivity contribution in [2.45, 2.75) is 31.7 Å². The van der Waals surface area contributed by atoms with Gasteiger partial charge in [-0.2, -0.15) is 0 Å². The van der Waals surface area contributed by atoms with Crippen LogP contribution in [0.5, 0.6) is 0 Å². The lowest BCUT2D eigenvalue weighted by molar-refractivity contribution is -0.130. The lowest BCUT2D eigenvalue weighted by atomic mass is 9.81. The first-order valence-corrected chi connectivity index (χ1v) is 12.0. The predicted octanol–water partition coefficient (Wildman–Crippen LogP) is 1.84. The average molecular weight is 431 g/mol. The number of hydrogen-bond acceptors (Lipinski definition) is 6. The molecular formula is C22H30N4O3S. The van der Waals surface area contributed by atoms with Crippen LogP contribution in [0.3, 0.4) is 0 Å². The van der Waals surface area contributed by atoms with Crippen molar-refractivity contribution in [3.05, 3.63) is 60.4 Å². The third-order valence-electron chi connectivity index (χ3n) is 5.93. The second-order valence-corrected chi connectivity index (χ2v) is 9.63. The Bertz CT molecular complexity index is 929. The molecule has 7 nitrogen and oxygen atoms in total. The van der Waals surface area contributed by atoms with Crippen molar-refractivity contribution in [3.8, 4) is 0 Å². The van der Waals surface area contributed by atoms with Gasteiger partial charge >= 0.3 is 0 Å². The summed E-state index contributed by atoms with van der Waals surface area (Å²) in [6, 6.07) is 13.9. The number of rotatable bonds is 9. The molecule has 3 rings (SSSR count). The van der Waals surface area contributed by atoms with Crippen LogP contribution in [-0.4, -0.2) is 61.6 Å². The van der Waals surface area contributed by atoms with E-state index in [4.69, 9.17) is 5.14 Å². The van der Waals surface area contributed by atoms with Crippen LogP contribution in [-0.2, 0) is 21.2 Å². The summed E-state index contributed by atoms with van der Waals surface area (Å²) >= 11 is 0. The molecule has 2 heterocycles. The molecule has 0 bridgehead atoms. The summed E-state index contributed by atoms with van der Waals surface area (Å²) in [4.78, 5) is 21.6. The van der Waals surface area contributed by atoms with E-state index in [2.05, 4.69) is 14.8 Å². The summed E-state index contributed by atoms with van der Waals surface area (Å²) < 4.78 is 23.0. The fraction of sp³-hybridized carbons (Fsp3) is 0.455. The molecule has 1 aromatic carbocycles. The first-order chi connectivity index (χ1) is 14.3. The molecule has 2 N–H and O–H groups in total. The van der Waals surface area contributed by atoms with Crippen LogP contribution >= 0.6 is 0 Å². The summed E-state index contributed by atoms with van der Waals surface area (Å²) in [5.41, 5.74) is 1.45. The standard InChI is InChI=1S/C22H30N4O3S/c1-19(27)22(10-5-17-30(23,28)29,18-20-6-3-2-4-7-20)26-15-13-25(14-16-26)21-8-11-24-12-9-21/h2-4,6-9,11-12H,5,10,13-18H2,1H3,(H2,23,28,29). The molecule has 162 valence electrons. The number of primary sulfonamides is 1. The number of aromatic nitrogens is 1. The van der Waals surface area contributed by atoms with Gasteiger partial charge in [0.15, 0.2) is 0 Å². The Morgan fingerprint density at radius 2 is 1.70 bits per heavy atom. The molecule has 1 atom stereocenters. The van der Waals surface area contributed by atoms with Crippen molar-refractivity contribution >= 4 is 21.5 Å². The maximum absolute atomic E-state index is 13.0. The second-order valence-electron chi connectivity index (χ2n) is 7.90. The third-order valence-corrected chi connectivity index (χ3v) is 6.78. The predicted molar refractivity (Wildman–Crippen MR) is 119 cm³/mol. The maximum Gasteiger partial charge on any atom is 0.209 e. The van der Waals surface area contributed by atoms with Crippen LogP contribution in [0.15, 0.2) is 54.9 Å². The quantitative estimate of drug-likeness (QED) is 0.652. The van der Waals surface area contributed by atoms with Gasteiger partial charge in [0.2, 0.25) is 10.0 Å². The number of hydrogen-bond donors (Lipinski definition) is 1. The monoisotopic (exact) mass is 430 g/mol. The topological polar surface area (TPSA) is 96.6 Å². The zero-order valence-electron chi connectivity index (χ0n) is 17.4. The van der Waals surface area contributed by atoms with Crippen molar-refractivity contribution in [2.24, 2.45) is 5.14 Å². The molecule has 1 aliphatic heterocycles. The second kappa shape index (κ2) is 9.68. The molecule has 1 saturated heterocycles. The number of nitrogens with two attached hydrogens (primary N) is 1. The van der Waals surface area contributed by atoms with E-state index >= 15 is 0 Å². The number of Topliss-reactive ketones (excluding diaryl/α,β-unsaturated/α-hetero) is 1. The van der Waals surface area contributed by atoms with E-state index in [1.807, 2.05) is 42.5 Å². The Morgan fingerprint density at radius 3 is 2.27 bits per heavy atom. The normalized spacial score (nSPS) is 17.5. The van der Waals surface area contributed by atoms with E-state index < -0.39 is 15.6 Å². The minimum absolute atomic E-state index is 0.0677. The van der Waals surface area contributed by atoms with E-state index in [0.717, 1.165) is 37.4 Å². The molecule has 1 aromatic heterocycles. The van der Waals surface area contributed by atoms with Crippen molar-refractivity contribution < 1.29 is 13.2 Å². The number of benzene rings is 1. The highest BCUT2D eigenvalue weighted by atomic mass is 32.2. The van der Waals surface area contributed by atoms with Gasteiger partial charge in [-0.3, -0.25) is 14.7 Å². The Labute approximate surface area is 178 Å². The first-order valence-electron chi connectivity index (χ1n) is 10.3. The van der Waals surface area contributed by atoms with Gasteiger partial charge in [0, 0.05) is 44.3 Å². The molecular weight excluding hydrogens is 400 g/mol. The van der Waals surface area contributed by atoms with Gasteiger partial charge in [0.25, 0.3) is 0 Å². The minimum atomic E-state index is -3.56. The lowest BCUT2D eigenvalue weighted by Crippen LogP contribution is -2.61. The fourth-order valence-electron chi connectivity index (χ4n) is 4.33. The highest BCUT2D eigenvalue weighted by molar-refractivity contribution is 7.89. The Morgan fingerprint density at radius 1 is 1.07 bits per heavy atom. The number of piperazine rings is 1. The molecule has 1 unspecified atom stereocenters. The summed E-state index contributed by atoms with van der Waals surface area (Å²) in [6.45, 7) is 4.66. The molecule has 8 heteroatoms. The number of sulfonamides is 1. The van der Waals surface area contributed by atoms with Crippen LogP contribution in [0.4, 0.5) is 5.69 Å². The van der Waals surface area contributed by atoms with Crippen LogP contribution in [0.2, 0.25) is 0 Å². The number of anilines is 1. The average Bonchev–Trinajstić information content (AvgIpc) is 2.73. The smallest absolute Gasteiger partial charge is 0.209 e. The van der Waals surface area contributed by atoms with Crippen LogP contribution in [0.1, 0.15) is 25.3 Å². The van der Waals surface area contributed by atoms with Crippen molar-refractivity contribution in [1.29, 1.82) is 0 Å². The fourth-order valence-corrected chi connectivity index (χ4v) is 4.88. The Hall–Kier alpha value is -2.29. The molecule has 1 fully saturated rings. The van der Waals surface area contributed by atoms with Crippen LogP contribution < -0.4 is 10.0 Å². The molecule has 0 amide bonds. The Balaban J connectivity index is 1.81. The van der Waals surface area contributed by atoms with E-state index in [9.17, 15) is 13.2 Å². The van der Waals surface area contributed by atoms with E-state index in [0.29, 0.717) is 19.3 Å². The minimum Gasteiger partial charge on any atom is -0.369 e. The van der Waals surface area contributed by atoms with E-state index in [-0.39, 0.29) is 11.5 Å². The van der Waals surface area contributed by atoms with Gasteiger partial charge < -0.3 is 4.90 Å². The van der Waals surface area contributed by atoms with Crippen molar-refractivity contribution in [1.82, 2.24) is 9.88 Å². The van der Waals surface area contributed by atoms with Crippen LogP contribution in [0.25, 0.3) is 0 Å². The van der Waals surface area contributed by atoms with E-state index in [1.54, 1.807) is 19.3 Å².